The van der Waals surface area contributed by atoms with Crippen molar-refractivity contribution in [2.45, 2.75) is 24.7 Å². The van der Waals surface area contributed by atoms with Crippen molar-refractivity contribution in [3.8, 4) is 0 Å². The van der Waals surface area contributed by atoms with Gasteiger partial charge in [0.2, 0.25) is 15.9 Å². The zero-order valence-electron chi connectivity index (χ0n) is 14.8. The number of carbonyl (C=O) groups is 1. The molecule has 1 aromatic heterocycles. The van der Waals surface area contributed by atoms with Crippen LogP contribution < -0.4 is 5.43 Å². The fourth-order valence-electron chi connectivity index (χ4n) is 2.90. The van der Waals surface area contributed by atoms with E-state index < -0.39 is 15.9 Å². The van der Waals surface area contributed by atoms with Crippen molar-refractivity contribution in [3.63, 3.8) is 0 Å². The van der Waals surface area contributed by atoms with E-state index in [2.05, 4.69) is 10.5 Å². The Morgan fingerprint density at radius 2 is 2.04 bits per heavy atom. The van der Waals surface area contributed by atoms with E-state index in [0.717, 1.165) is 5.76 Å². The maximum Gasteiger partial charge on any atom is 0.244 e. The fraction of sp³-hybridized carbons (Fsp3) is 0.333. The first-order chi connectivity index (χ1) is 12.9. The quantitative estimate of drug-likeness (QED) is 0.607. The molecule has 7 nitrogen and oxygen atoms in total. The number of carbonyl (C=O) groups excluding carboxylic acids is 1. The van der Waals surface area contributed by atoms with Crippen molar-refractivity contribution in [2.24, 2.45) is 11.0 Å². The van der Waals surface area contributed by atoms with Crippen LogP contribution >= 0.6 is 11.6 Å². The topological polar surface area (TPSA) is 92.0 Å². The summed E-state index contributed by atoms with van der Waals surface area (Å²) in [6, 6.07) is 9.55. The molecule has 9 heteroatoms. The molecule has 27 heavy (non-hydrogen) atoms. The first-order valence-corrected chi connectivity index (χ1v) is 10.3. The van der Waals surface area contributed by atoms with E-state index in [1.165, 1.54) is 34.8 Å². The average molecular weight is 410 g/mol. The number of sulfonamides is 1. The predicted octanol–water partition coefficient (Wildman–Crippen LogP) is 2.79. The van der Waals surface area contributed by atoms with Gasteiger partial charge in [0.25, 0.3) is 0 Å². The van der Waals surface area contributed by atoms with Crippen LogP contribution in [0, 0.1) is 12.8 Å². The summed E-state index contributed by atoms with van der Waals surface area (Å²) < 4.78 is 32.2. The molecule has 1 fully saturated rings. The number of furan rings is 1. The highest BCUT2D eigenvalue weighted by Crippen LogP contribution is 2.24. The van der Waals surface area contributed by atoms with E-state index in [0.29, 0.717) is 30.2 Å². The molecule has 1 amide bonds. The smallest absolute Gasteiger partial charge is 0.244 e. The van der Waals surface area contributed by atoms with Crippen molar-refractivity contribution in [1.29, 1.82) is 0 Å². The second kappa shape index (κ2) is 8.24. The fourth-order valence-corrected chi connectivity index (χ4v) is 4.55. The lowest BCUT2D eigenvalue weighted by Gasteiger charge is -2.30. The van der Waals surface area contributed by atoms with Gasteiger partial charge in [0.05, 0.1) is 17.0 Å². The van der Waals surface area contributed by atoms with Gasteiger partial charge in [-0.05, 0) is 56.2 Å². The summed E-state index contributed by atoms with van der Waals surface area (Å²) >= 11 is 5.82. The molecule has 144 valence electrons. The first-order valence-electron chi connectivity index (χ1n) is 8.51. The molecular weight excluding hydrogens is 390 g/mol. The number of nitrogens with one attached hydrogen (secondary N) is 1. The number of amides is 1. The number of aryl methyl sites for hydroxylation is 1. The highest BCUT2D eigenvalue weighted by atomic mass is 35.5. The van der Waals surface area contributed by atoms with Gasteiger partial charge in [-0.15, -0.1) is 0 Å². The van der Waals surface area contributed by atoms with Crippen molar-refractivity contribution in [2.75, 3.05) is 13.1 Å². The summed E-state index contributed by atoms with van der Waals surface area (Å²) in [5.74, 6) is 0.503. The third-order valence-corrected chi connectivity index (χ3v) is 6.47. The Balaban J connectivity index is 1.63. The van der Waals surface area contributed by atoms with Crippen LogP contribution in [0.3, 0.4) is 0 Å². The van der Waals surface area contributed by atoms with E-state index >= 15 is 0 Å². The monoisotopic (exact) mass is 409 g/mol. The Morgan fingerprint density at radius 1 is 1.30 bits per heavy atom. The van der Waals surface area contributed by atoms with E-state index in [1.54, 1.807) is 12.1 Å². The lowest BCUT2D eigenvalue weighted by molar-refractivity contribution is -0.126. The Morgan fingerprint density at radius 3 is 2.70 bits per heavy atom. The van der Waals surface area contributed by atoms with Gasteiger partial charge >= 0.3 is 0 Å². The number of nitrogens with zero attached hydrogens (tertiary/aromatic N) is 2. The number of rotatable bonds is 5. The predicted molar refractivity (Wildman–Crippen MR) is 102 cm³/mol. The Bertz CT molecular complexity index is 938. The molecule has 2 heterocycles. The first kappa shape index (κ1) is 19.6. The highest BCUT2D eigenvalue weighted by Gasteiger charge is 2.33. The molecule has 1 unspecified atom stereocenters. The molecule has 3 rings (SSSR count). The molecule has 1 atom stereocenters. The Kier molecular flexibility index (Phi) is 5.98. The third kappa shape index (κ3) is 4.77. The molecule has 2 aromatic rings. The van der Waals surface area contributed by atoms with Crippen LogP contribution in [0.4, 0.5) is 0 Å². The Labute approximate surface area is 163 Å². The van der Waals surface area contributed by atoms with E-state index in [9.17, 15) is 13.2 Å². The second-order valence-electron chi connectivity index (χ2n) is 6.34. The van der Waals surface area contributed by atoms with Gasteiger partial charge in [-0.1, -0.05) is 11.6 Å². The van der Waals surface area contributed by atoms with Crippen LogP contribution in [0.2, 0.25) is 5.02 Å². The highest BCUT2D eigenvalue weighted by molar-refractivity contribution is 7.89. The summed E-state index contributed by atoms with van der Waals surface area (Å²) in [6.07, 6.45) is 2.62. The maximum atomic E-state index is 12.8. The van der Waals surface area contributed by atoms with Crippen LogP contribution in [0.15, 0.2) is 50.8 Å². The number of hydrogen-bond donors (Lipinski definition) is 1. The number of benzene rings is 1. The summed E-state index contributed by atoms with van der Waals surface area (Å²) in [4.78, 5) is 12.5. The van der Waals surface area contributed by atoms with E-state index in [-0.39, 0.29) is 17.3 Å². The molecule has 1 aromatic carbocycles. The largest absolute Gasteiger partial charge is 0.460 e. The molecule has 1 saturated heterocycles. The number of halogens is 1. The van der Waals surface area contributed by atoms with Gasteiger partial charge in [-0.25, -0.2) is 13.8 Å². The lowest BCUT2D eigenvalue weighted by atomic mass is 9.99. The van der Waals surface area contributed by atoms with Gasteiger partial charge in [0.1, 0.15) is 11.5 Å². The van der Waals surface area contributed by atoms with Crippen molar-refractivity contribution in [1.82, 2.24) is 9.73 Å². The molecule has 0 bridgehead atoms. The molecule has 1 aliphatic heterocycles. The number of hydrogen-bond acceptors (Lipinski definition) is 5. The van der Waals surface area contributed by atoms with Crippen molar-refractivity contribution >= 4 is 33.7 Å². The van der Waals surface area contributed by atoms with Crippen LogP contribution in [0.25, 0.3) is 0 Å². The van der Waals surface area contributed by atoms with Gasteiger partial charge in [0.15, 0.2) is 0 Å². The summed E-state index contributed by atoms with van der Waals surface area (Å²) in [7, 11) is -3.66. The van der Waals surface area contributed by atoms with E-state index in [4.69, 9.17) is 16.0 Å². The summed E-state index contributed by atoms with van der Waals surface area (Å²) in [5.41, 5.74) is 2.46. The van der Waals surface area contributed by atoms with Crippen LogP contribution in [0.1, 0.15) is 24.4 Å². The normalized spacial score (nSPS) is 18.7. The van der Waals surface area contributed by atoms with E-state index in [1.807, 2.05) is 6.92 Å². The summed E-state index contributed by atoms with van der Waals surface area (Å²) in [6.45, 7) is 2.31. The zero-order chi connectivity index (χ0) is 19.4. The molecule has 0 radical (unpaired) electrons. The minimum absolute atomic E-state index is 0.117. The molecule has 0 aliphatic carbocycles. The van der Waals surface area contributed by atoms with Crippen LogP contribution in [-0.4, -0.2) is 37.9 Å². The van der Waals surface area contributed by atoms with Gasteiger partial charge in [-0.3, -0.25) is 4.79 Å². The maximum absolute atomic E-state index is 12.8. The second-order valence-corrected chi connectivity index (χ2v) is 8.71. The molecule has 1 aliphatic rings. The van der Waals surface area contributed by atoms with Gasteiger partial charge in [-0.2, -0.15) is 9.41 Å². The number of hydrazone groups is 1. The lowest BCUT2D eigenvalue weighted by Crippen LogP contribution is -2.44. The minimum Gasteiger partial charge on any atom is -0.460 e. The van der Waals surface area contributed by atoms with Gasteiger partial charge in [0, 0.05) is 18.1 Å². The molecule has 0 saturated carbocycles. The SMILES string of the molecule is Cc1ccc(C=NNC(=O)C2CCCN(S(=O)(=O)c3ccc(Cl)cc3)C2)o1. The minimum atomic E-state index is -3.66. The standard InChI is InChI=1S/C18H20ClN3O4S/c1-13-4-7-16(26-13)11-20-21-18(23)14-3-2-10-22(12-14)27(24,25)17-8-5-15(19)6-9-17/h4-9,11,14H,2-3,10,12H2,1H3,(H,21,23). The molecule has 1 N–H and O–H groups in total. The van der Waals surface area contributed by atoms with Gasteiger partial charge < -0.3 is 4.42 Å². The molecule has 0 spiro atoms. The Hall–Kier alpha value is -2.16. The van der Waals surface area contributed by atoms with Crippen LogP contribution in [0.5, 0.6) is 0 Å². The summed E-state index contributed by atoms with van der Waals surface area (Å²) in [5, 5.41) is 4.35. The van der Waals surface area contributed by atoms with Crippen molar-refractivity contribution < 1.29 is 17.6 Å². The van der Waals surface area contributed by atoms with Crippen molar-refractivity contribution in [3.05, 3.63) is 52.9 Å². The average Bonchev–Trinajstić information content (AvgIpc) is 3.07. The zero-order valence-corrected chi connectivity index (χ0v) is 16.3. The third-order valence-electron chi connectivity index (χ3n) is 4.33. The van der Waals surface area contributed by atoms with Crippen LogP contribution in [-0.2, 0) is 14.8 Å². The molecular formula is C18H20ClN3O4S. The number of piperidine rings is 1.